The summed E-state index contributed by atoms with van der Waals surface area (Å²) >= 11 is 1.71. The van der Waals surface area contributed by atoms with Crippen molar-refractivity contribution in [2.45, 2.75) is 58.2 Å². The van der Waals surface area contributed by atoms with E-state index < -0.39 is 0 Å². The first-order valence-corrected chi connectivity index (χ1v) is 13.9. The van der Waals surface area contributed by atoms with E-state index in [0.29, 0.717) is 19.6 Å². The number of aryl methyl sites for hydroxylation is 2. The number of thiophene rings is 1. The molecule has 0 N–H and O–H groups in total. The van der Waals surface area contributed by atoms with Gasteiger partial charge in [0.05, 0.1) is 12.5 Å². The molecule has 1 fully saturated rings. The van der Waals surface area contributed by atoms with E-state index in [-0.39, 0.29) is 11.8 Å². The van der Waals surface area contributed by atoms with Gasteiger partial charge in [0.25, 0.3) is 0 Å². The van der Waals surface area contributed by atoms with Crippen LogP contribution in [0.3, 0.4) is 0 Å². The molecule has 7 nitrogen and oxygen atoms in total. The van der Waals surface area contributed by atoms with Crippen molar-refractivity contribution in [2.75, 3.05) is 18.0 Å². The smallest absolute Gasteiger partial charge is 0.228 e. The lowest BCUT2D eigenvalue weighted by atomic mass is 9.96. The van der Waals surface area contributed by atoms with Crippen LogP contribution in [0.25, 0.3) is 11.2 Å². The molecule has 2 aliphatic rings. The molecule has 0 unspecified atom stereocenters. The Bertz CT molecular complexity index is 1320. The van der Waals surface area contributed by atoms with Crippen LogP contribution in [0.1, 0.15) is 48.4 Å². The van der Waals surface area contributed by atoms with Gasteiger partial charge < -0.3 is 14.4 Å². The molecule has 0 spiro atoms. The first-order valence-electron chi connectivity index (χ1n) is 13.1. The fraction of sp³-hybridized carbons (Fsp3) is 0.429. The molecule has 36 heavy (non-hydrogen) atoms. The molecule has 0 radical (unpaired) electrons. The number of hydrogen-bond donors (Lipinski definition) is 0. The molecule has 186 valence electrons. The summed E-state index contributed by atoms with van der Waals surface area (Å²) in [6.45, 7) is 3.80. The van der Waals surface area contributed by atoms with Crippen LogP contribution in [0.5, 0.6) is 0 Å². The van der Waals surface area contributed by atoms with Crippen LogP contribution in [-0.2, 0) is 30.8 Å². The van der Waals surface area contributed by atoms with Crippen LogP contribution in [0.4, 0.5) is 5.82 Å². The predicted molar refractivity (Wildman–Crippen MR) is 143 cm³/mol. The predicted octanol–water partition coefficient (Wildman–Crippen LogP) is 5.06. The van der Waals surface area contributed by atoms with Gasteiger partial charge in [0.1, 0.15) is 12.2 Å². The van der Waals surface area contributed by atoms with Crippen LogP contribution < -0.4 is 4.90 Å². The lowest BCUT2D eigenvalue weighted by Gasteiger charge is -2.35. The molecule has 1 saturated heterocycles. The van der Waals surface area contributed by atoms with Crippen LogP contribution in [0.2, 0.25) is 0 Å². The van der Waals surface area contributed by atoms with Gasteiger partial charge in [-0.15, -0.1) is 11.3 Å². The molecule has 1 amide bonds. The molecule has 4 aromatic rings. The standard InChI is InChI=1S/C28H32N6OS/c35-28(33(19-23-12-8-16-36-23)17-21-9-3-1-4-10-21)22-11-7-14-32(18-22)26-25-27(30-20-29-26)34-15-6-2-5-13-24(34)31-25/h1,3-4,8-10,12,16,20,22H,2,5-7,11,13-15,17-19H2/t22-/m1/s1. The molecule has 0 saturated carbocycles. The van der Waals surface area contributed by atoms with Gasteiger partial charge in [-0.05, 0) is 42.7 Å². The Balaban J connectivity index is 1.25. The van der Waals surface area contributed by atoms with Crippen molar-refractivity contribution < 1.29 is 4.79 Å². The van der Waals surface area contributed by atoms with E-state index in [1.807, 2.05) is 23.1 Å². The third kappa shape index (κ3) is 4.74. The molecule has 5 heterocycles. The van der Waals surface area contributed by atoms with Crippen LogP contribution in [0, 0.1) is 5.92 Å². The topological polar surface area (TPSA) is 67.2 Å². The van der Waals surface area contributed by atoms with Gasteiger partial charge in [0, 0.05) is 37.5 Å². The van der Waals surface area contributed by atoms with E-state index in [4.69, 9.17) is 4.98 Å². The highest BCUT2D eigenvalue weighted by Crippen LogP contribution is 2.30. The average molecular weight is 501 g/mol. The summed E-state index contributed by atoms with van der Waals surface area (Å²) in [7, 11) is 0. The highest BCUT2D eigenvalue weighted by atomic mass is 32.1. The number of anilines is 1. The highest BCUT2D eigenvalue weighted by molar-refractivity contribution is 7.09. The Hall–Kier alpha value is -3.26. The largest absolute Gasteiger partial charge is 0.354 e. The Morgan fingerprint density at radius 3 is 2.78 bits per heavy atom. The average Bonchev–Trinajstić information content (AvgIpc) is 3.49. The van der Waals surface area contributed by atoms with E-state index in [2.05, 4.69) is 49.1 Å². The Morgan fingerprint density at radius 2 is 1.92 bits per heavy atom. The number of rotatable bonds is 6. The maximum absolute atomic E-state index is 13.9. The first-order chi connectivity index (χ1) is 17.8. The lowest BCUT2D eigenvalue weighted by molar-refractivity contribution is -0.137. The number of benzene rings is 1. The number of amides is 1. The molecular weight excluding hydrogens is 468 g/mol. The summed E-state index contributed by atoms with van der Waals surface area (Å²) in [5.74, 6) is 2.17. The highest BCUT2D eigenvalue weighted by Gasteiger charge is 2.32. The van der Waals surface area contributed by atoms with E-state index in [1.54, 1.807) is 17.7 Å². The number of carbonyl (C=O) groups is 1. The van der Waals surface area contributed by atoms with Gasteiger partial charge in [-0.2, -0.15) is 0 Å². The fourth-order valence-electron chi connectivity index (χ4n) is 5.59. The zero-order valence-corrected chi connectivity index (χ0v) is 21.4. The van der Waals surface area contributed by atoms with Gasteiger partial charge >= 0.3 is 0 Å². The molecule has 1 aromatic carbocycles. The minimum absolute atomic E-state index is 0.0621. The molecule has 8 heteroatoms. The van der Waals surface area contributed by atoms with Crippen molar-refractivity contribution in [2.24, 2.45) is 5.92 Å². The zero-order valence-electron chi connectivity index (χ0n) is 20.6. The van der Waals surface area contributed by atoms with E-state index in [0.717, 1.165) is 60.7 Å². The SMILES string of the molecule is O=C([C@@H]1CCCN(c2ncnc3c2nc2n3CCCCC2)C1)N(Cc1ccccc1)Cc1cccs1. The number of nitrogens with zero attached hydrogens (tertiary/aromatic N) is 6. The number of piperidine rings is 1. The van der Waals surface area contributed by atoms with Crippen LogP contribution in [-0.4, -0.2) is 43.4 Å². The first kappa shape index (κ1) is 23.2. The van der Waals surface area contributed by atoms with Gasteiger partial charge in [-0.3, -0.25) is 4.79 Å². The second-order valence-electron chi connectivity index (χ2n) is 9.90. The monoisotopic (exact) mass is 500 g/mol. The summed E-state index contributed by atoms with van der Waals surface area (Å²) < 4.78 is 2.28. The second kappa shape index (κ2) is 10.4. The van der Waals surface area contributed by atoms with Crippen LogP contribution in [0.15, 0.2) is 54.2 Å². The normalized spacial score (nSPS) is 18.1. The minimum Gasteiger partial charge on any atom is -0.354 e. The third-order valence-corrected chi connectivity index (χ3v) is 8.26. The minimum atomic E-state index is -0.0621. The number of fused-ring (bicyclic) bond motifs is 3. The second-order valence-corrected chi connectivity index (χ2v) is 10.9. The van der Waals surface area contributed by atoms with Crippen LogP contribution >= 0.6 is 11.3 Å². The lowest BCUT2D eigenvalue weighted by Crippen LogP contribution is -2.44. The molecule has 1 atom stereocenters. The molecule has 3 aromatic heterocycles. The van der Waals surface area contributed by atoms with E-state index >= 15 is 0 Å². The van der Waals surface area contributed by atoms with Gasteiger partial charge in [0.2, 0.25) is 5.91 Å². The zero-order chi connectivity index (χ0) is 24.3. The third-order valence-electron chi connectivity index (χ3n) is 7.40. The fourth-order valence-corrected chi connectivity index (χ4v) is 6.31. The Morgan fingerprint density at radius 1 is 1.00 bits per heavy atom. The molecule has 2 aliphatic heterocycles. The quantitative estimate of drug-likeness (QED) is 0.370. The number of imidazole rings is 1. The van der Waals surface area contributed by atoms with Crippen molar-refractivity contribution in [3.05, 3.63) is 70.4 Å². The number of carbonyl (C=O) groups excluding carboxylic acids is 1. The van der Waals surface area contributed by atoms with Gasteiger partial charge in [-0.25, -0.2) is 15.0 Å². The summed E-state index contributed by atoms with van der Waals surface area (Å²) in [4.78, 5) is 33.7. The summed E-state index contributed by atoms with van der Waals surface area (Å²) in [5, 5.41) is 2.08. The maximum atomic E-state index is 13.9. The van der Waals surface area contributed by atoms with Gasteiger partial charge in [-0.1, -0.05) is 42.8 Å². The molecule has 0 aliphatic carbocycles. The number of hydrogen-bond acceptors (Lipinski definition) is 6. The van der Waals surface area contributed by atoms with E-state index in [9.17, 15) is 4.79 Å². The van der Waals surface area contributed by atoms with Crippen molar-refractivity contribution in [1.82, 2.24) is 24.4 Å². The molecule has 0 bridgehead atoms. The maximum Gasteiger partial charge on any atom is 0.228 e. The summed E-state index contributed by atoms with van der Waals surface area (Å²) in [6.07, 6.45) is 8.11. The summed E-state index contributed by atoms with van der Waals surface area (Å²) in [5.41, 5.74) is 2.99. The van der Waals surface area contributed by atoms with Crippen molar-refractivity contribution in [3.63, 3.8) is 0 Å². The number of aromatic nitrogens is 4. The molecule has 6 rings (SSSR count). The Labute approximate surface area is 215 Å². The van der Waals surface area contributed by atoms with Crippen molar-refractivity contribution in [1.29, 1.82) is 0 Å². The van der Waals surface area contributed by atoms with Crippen molar-refractivity contribution in [3.8, 4) is 0 Å². The Kier molecular flexibility index (Phi) is 6.68. The van der Waals surface area contributed by atoms with Gasteiger partial charge in [0.15, 0.2) is 17.0 Å². The van der Waals surface area contributed by atoms with Crippen molar-refractivity contribution >= 4 is 34.2 Å². The van der Waals surface area contributed by atoms with E-state index in [1.165, 1.54) is 24.1 Å². The summed E-state index contributed by atoms with van der Waals surface area (Å²) in [6, 6.07) is 14.5. The molecular formula is C28H32N6OS.